The number of carboxylic acid groups (broad SMARTS) is 1. The van der Waals surface area contributed by atoms with Crippen molar-refractivity contribution >= 4 is 12.0 Å². The van der Waals surface area contributed by atoms with E-state index in [1.807, 2.05) is 24.3 Å². The molecule has 0 saturated heterocycles. The minimum absolute atomic E-state index is 0.00546. The molecule has 0 spiro atoms. The molecule has 0 aromatic heterocycles. The van der Waals surface area contributed by atoms with E-state index < -0.39 is 18.0 Å². The quantitative estimate of drug-likeness (QED) is 0.752. The first-order valence-electron chi connectivity index (χ1n) is 6.57. The molecule has 1 atom stereocenters. The molecule has 2 amide bonds. The lowest BCUT2D eigenvalue weighted by molar-refractivity contribution is -0.139. The standard InChI is InChI=1S/C14H18N2O4/c17-8-6-12(13(18)19)15-14(20)16-7-5-10-3-1-2-4-11(10)9-16/h1-4,12,17H,5-9H2,(H,15,20)(H,18,19)/t12-/m1/s1. The molecular weight excluding hydrogens is 260 g/mol. The molecular formula is C14H18N2O4. The van der Waals surface area contributed by atoms with Crippen LogP contribution < -0.4 is 5.32 Å². The molecule has 6 nitrogen and oxygen atoms in total. The minimum Gasteiger partial charge on any atom is -0.480 e. The second-order valence-electron chi connectivity index (χ2n) is 4.79. The van der Waals surface area contributed by atoms with Crippen LogP contribution in [0.15, 0.2) is 24.3 Å². The number of benzene rings is 1. The van der Waals surface area contributed by atoms with Crippen LogP contribution in [0.25, 0.3) is 0 Å². The zero-order valence-corrected chi connectivity index (χ0v) is 11.1. The first-order chi connectivity index (χ1) is 9.61. The van der Waals surface area contributed by atoms with Crippen LogP contribution in [0.1, 0.15) is 17.5 Å². The van der Waals surface area contributed by atoms with E-state index in [4.69, 9.17) is 10.2 Å². The fourth-order valence-electron chi connectivity index (χ4n) is 2.30. The summed E-state index contributed by atoms with van der Waals surface area (Å²) in [4.78, 5) is 24.6. The van der Waals surface area contributed by atoms with Crippen LogP contribution >= 0.6 is 0 Å². The summed E-state index contributed by atoms with van der Waals surface area (Å²) in [5, 5.41) is 20.2. The van der Waals surface area contributed by atoms with E-state index in [2.05, 4.69) is 5.32 Å². The number of aliphatic carboxylic acids is 1. The summed E-state index contributed by atoms with van der Waals surface area (Å²) >= 11 is 0. The third kappa shape index (κ3) is 3.27. The van der Waals surface area contributed by atoms with E-state index in [0.717, 1.165) is 12.0 Å². The van der Waals surface area contributed by atoms with Gasteiger partial charge in [-0.2, -0.15) is 0 Å². The van der Waals surface area contributed by atoms with Gasteiger partial charge in [-0.15, -0.1) is 0 Å². The molecule has 20 heavy (non-hydrogen) atoms. The fourth-order valence-corrected chi connectivity index (χ4v) is 2.30. The summed E-state index contributed by atoms with van der Waals surface area (Å²) in [6.07, 6.45) is 0.771. The molecule has 6 heteroatoms. The van der Waals surface area contributed by atoms with E-state index in [1.165, 1.54) is 5.56 Å². The van der Waals surface area contributed by atoms with Gasteiger partial charge in [0.2, 0.25) is 0 Å². The summed E-state index contributed by atoms with van der Waals surface area (Å²) in [6, 6.07) is 6.45. The number of aliphatic hydroxyl groups is 1. The number of nitrogens with one attached hydrogen (secondary N) is 1. The van der Waals surface area contributed by atoms with Crippen LogP contribution in [0.4, 0.5) is 4.79 Å². The van der Waals surface area contributed by atoms with Crippen LogP contribution in [0.5, 0.6) is 0 Å². The van der Waals surface area contributed by atoms with Gasteiger partial charge < -0.3 is 20.4 Å². The average molecular weight is 278 g/mol. The zero-order chi connectivity index (χ0) is 14.5. The van der Waals surface area contributed by atoms with Crippen LogP contribution in [-0.4, -0.2) is 46.3 Å². The van der Waals surface area contributed by atoms with Crippen molar-refractivity contribution in [3.05, 3.63) is 35.4 Å². The molecule has 0 aliphatic carbocycles. The zero-order valence-electron chi connectivity index (χ0n) is 11.1. The number of nitrogens with zero attached hydrogens (tertiary/aromatic N) is 1. The topological polar surface area (TPSA) is 89.9 Å². The van der Waals surface area contributed by atoms with Gasteiger partial charge in [-0.25, -0.2) is 9.59 Å². The molecule has 1 heterocycles. The van der Waals surface area contributed by atoms with Crippen molar-refractivity contribution in [2.75, 3.05) is 13.2 Å². The second-order valence-corrected chi connectivity index (χ2v) is 4.79. The van der Waals surface area contributed by atoms with Gasteiger partial charge in [0.1, 0.15) is 6.04 Å². The lowest BCUT2D eigenvalue weighted by atomic mass is 10.0. The summed E-state index contributed by atoms with van der Waals surface area (Å²) < 4.78 is 0. The van der Waals surface area contributed by atoms with Gasteiger partial charge in [-0.1, -0.05) is 24.3 Å². The lowest BCUT2D eigenvalue weighted by Crippen LogP contribution is -2.49. The highest BCUT2D eigenvalue weighted by molar-refractivity contribution is 5.82. The van der Waals surface area contributed by atoms with Crippen molar-refractivity contribution in [3.63, 3.8) is 0 Å². The normalized spacial score (nSPS) is 15.3. The maximum absolute atomic E-state index is 12.1. The van der Waals surface area contributed by atoms with Crippen molar-refractivity contribution in [1.82, 2.24) is 10.2 Å². The van der Waals surface area contributed by atoms with Crippen molar-refractivity contribution in [2.24, 2.45) is 0 Å². The van der Waals surface area contributed by atoms with Gasteiger partial charge in [0.05, 0.1) is 0 Å². The summed E-state index contributed by atoms with van der Waals surface area (Å²) in [5.41, 5.74) is 2.31. The number of carboxylic acids is 1. The van der Waals surface area contributed by atoms with Gasteiger partial charge in [0.25, 0.3) is 0 Å². The number of hydrogen-bond acceptors (Lipinski definition) is 3. The maximum Gasteiger partial charge on any atom is 0.326 e. The number of amides is 2. The third-order valence-electron chi connectivity index (χ3n) is 3.43. The Kier molecular flexibility index (Phi) is 4.57. The highest BCUT2D eigenvalue weighted by Crippen LogP contribution is 2.18. The Morgan fingerprint density at radius 3 is 2.65 bits per heavy atom. The van der Waals surface area contributed by atoms with Gasteiger partial charge in [-0.05, 0) is 17.5 Å². The van der Waals surface area contributed by atoms with Gasteiger partial charge in [0.15, 0.2) is 0 Å². The molecule has 1 aromatic carbocycles. The number of rotatable bonds is 4. The largest absolute Gasteiger partial charge is 0.480 e. The van der Waals surface area contributed by atoms with Crippen LogP contribution in [0.3, 0.4) is 0 Å². The van der Waals surface area contributed by atoms with Gasteiger partial charge in [-0.3, -0.25) is 0 Å². The molecule has 0 fully saturated rings. The lowest BCUT2D eigenvalue weighted by Gasteiger charge is -2.30. The molecule has 1 aromatic rings. The van der Waals surface area contributed by atoms with Gasteiger partial charge >= 0.3 is 12.0 Å². The first kappa shape index (κ1) is 14.3. The molecule has 1 aliphatic heterocycles. The Labute approximate surface area is 117 Å². The SMILES string of the molecule is O=C(O)[C@@H](CCO)NC(=O)N1CCc2ccccc2C1. The predicted octanol–water partition coefficient (Wildman–Crippen LogP) is 0.590. The molecule has 1 aliphatic rings. The first-order valence-corrected chi connectivity index (χ1v) is 6.57. The second kappa shape index (κ2) is 6.38. The number of carbonyl (C=O) groups is 2. The Morgan fingerprint density at radius 1 is 1.30 bits per heavy atom. The summed E-state index contributed by atoms with van der Waals surface area (Å²) in [7, 11) is 0. The Bertz CT molecular complexity index is 504. The molecule has 3 N–H and O–H groups in total. The van der Waals surface area contributed by atoms with E-state index in [-0.39, 0.29) is 13.0 Å². The molecule has 0 unspecified atom stereocenters. The van der Waals surface area contributed by atoms with Crippen molar-refractivity contribution in [1.29, 1.82) is 0 Å². The van der Waals surface area contributed by atoms with Crippen molar-refractivity contribution in [3.8, 4) is 0 Å². The van der Waals surface area contributed by atoms with E-state index in [9.17, 15) is 9.59 Å². The summed E-state index contributed by atoms with van der Waals surface area (Å²) in [6.45, 7) is 0.766. The Morgan fingerprint density at radius 2 is 2.00 bits per heavy atom. The molecule has 108 valence electrons. The van der Waals surface area contributed by atoms with Gasteiger partial charge in [0, 0.05) is 26.1 Å². The molecule has 0 saturated carbocycles. The van der Waals surface area contributed by atoms with Crippen molar-refractivity contribution < 1.29 is 19.8 Å². The highest BCUT2D eigenvalue weighted by atomic mass is 16.4. The van der Waals surface area contributed by atoms with Crippen LogP contribution in [-0.2, 0) is 17.8 Å². The molecule has 0 radical (unpaired) electrons. The van der Waals surface area contributed by atoms with E-state index >= 15 is 0 Å². The number of hydrogen-bond donors (Lipinski definition) is 3. The minimum atomic E-state index is -1.13. The Balaban J connectivity index is 1.99. The van der Waals surface area contributed by atoms with Crippen LogP contribution in [0.2, 0.25) is 0 Å². The Hall–Kier alpha value is -2.08. The highest BCUT2D eigenvalue weighted by Gasteiger charge is 2.25. The third-order valence-corrected chi connectivity index (χ3v) is 3.43. The molecule has 2 rings (SSSR count). The number of urea groups is 1. The van der Waals surface area contributed by atoms with Crippen molar-refractivity contribution in [2.45, 2.75) is 25.4 Å². The predicted molar refractivity (Wildman–Crippen MR) is 72.2 cm³/mol. The number of fused-ring (bicyclic) bond motifs is 1. The van der Waals surface area contributed by atoms with Crippen LogP contribution in [0, 0.1) is 0 Å². The average Bonchev–Trinajstić information content (AvgIpc) is 2.46. The maximum atomic E-state index is 12.1. The fraction of sp³-hybridized carbons (Fsp3) is 0.429. The molecule has 0 bridgehead atoms. The van der Waals surface area contributed by atoms with E-state index in [0.29, 0.717) is 13.1 Å². The smallest absolute Gasteiger partial charge is 0.326 e. The number of carbonyl (C=O) groups excluding carboxylic acids is 1. The number of aliphatic hydroxyl groups excluding tert-OH is 1. The monoisotopic (exact) mass is 278 g/mol. The summed E-state index contributed by atoms with van der Waals surface area (Å²) in [5.74, 6) is -1.13. The van der Waals surface area contributed by atoms with E-state index in [1.54, 1.807) is 4.90 Å².